The molecule has 0 saturated heterocycles. The number of methoxy groups -OCH3 is 1. The largest absolute Gasteiger partial charge is 0.385 e. The molecule has 122 valence electrons. The summed E-state index contributed by atoms with van der Waals surface area (Å²) in [6, 6.07) is 5.68. The third kappa shape index (κ3) is 5.30. The van der Waals surface area contributed by atoms with Gasteiger partial charge in [0.25, 0.3) is 5.91 Å². The number of aryl methyl sites for hydroxylation is 1. The number of benzene rings is 1. The van der Waals surface area contributed by atoms with Crippen LogP contribution in [0.4, 0.5) is 11.6 Å². The Kier molecular flexibility index (Phi) is 6.49. The van der Waals surface area contributed by atoms with E-state index in [0.29, 0.717) is 18.1 Å². The van der Waals surface area contributed by atoms with Gasteiger partial charge in [0.15, 0.2) is 0 Å². The Morgan fingerprint density at radius 1 is 1.30 bits per heavy atom. The van der Waals surface area contributed by atoms with E-state index in [0.717, 1.165) is 28.7 Å². The van der Waals surface area contributed by atoms with Crippen LogP contribution in [0.1, 0.15) is 22.3 Å². The van der Waals surface area contributed by atoms with Crippen molar-refractivity contribution in [1.29, 1.82) is 0 Å². The van der Waals surface area contributed by atoms with Crippen molar-refractivity contribution in [3.05, 3.63) is 46.2 Å². The number of anilines is 2. The van der Waals surface area contributed by atoms with Gasteiger partial charge in [0.05, 0.1) is 5.56 Å². The van der Waals surface area contributed by atoms with Gasteiger partial charge in [-0.15, -0.1) is 0 Å². The summed E-state index contributed by atoms with van der Waals surface area (Å²) >= 11 is 3.40. The Hall–Kier alpha value is -1.99. The van der Waals surface area contributed by atoms with Crippen LogP contribution in [0.2, 0.25) is 0 Å². The zero-order chi connectivity index (χ0) is 16.7. The van der Waals surface area contributed by atoms with E-state index >= 15 is 0 Å². The fourth-order valence-electron chi connectivity index (χ4n) is 1.92. The first-order valence-corrected chi connectivity index (χ1v) is 8.02. The number of rotatable bonds is 7. The molecule has 1 aromatic heterocycles. The van der Waals surface area contributed by atoms with Crippen LogP contribution in [-0.2, 0) is 4.74 Å². The van der Waals surface area contributed by atoms with Crippen LogP contribution in [0.15, 0.2) is 35.1 Å². The highest BCUT2D eigenvalue weighted by atomic mass is 79.9. The summed E-state index contributed by atoms with van der Waals surface area (Å²) in [5.41, 5.74) is 2.15. The summed E-state index contributed by atoms with van der Waals surface area (Å²) in [5, 5.41) is 5.93. The van der Waals surface area contributed by atoms with Crippen molar-refractivity contribution in [2.45, 2.75) is 13.3 Å². The van der Waals surface area contributed by atoms with Gasteiger partial charge in [-0.2, -0.15) is 0 Å². The van der Waals surface area contributed by atoms with Gasteiger partial charge in [-0.1, -0.05) is 15.9 Å². The Balaban J connectivity index is 1.94. The van der Waals surface area contributed by atoms with E-state index in [1.165, 1.54) is 12.4 Å². The van der Waals surface area contributed by atoms with Crippen LogP contribution in [0, 0.1) is 6.92 Å². The lowest BCUT2D eigenvalue weighted by Crippen LogP contribution is -2.14. The van der Waals surface area contributed by atoms with Crippen LogP contribution in [0.3, 0.4) is 0 Å². The predicted molar refractivity (Wildman–Crippen MR) is 93.8 cm³/mol. The molecule has 0 saturated carbocycles. The van der Waals surface area contributed by atoms with Gasteiger partial charge < -0.3 is 15.4 Å². The van der Waals surface area contributed by atoms with Crippen molar-refractivity contribution >= 4 is 33.5 Å². The number of halogens is 1. The molecule has 0 spiro atoms. The van der Waals surface area contributed by atoms with Crippen LogP contribution in [-0.4, -0.2) is 36.1 Å². The molecule has 2 aromatic rings. The lowest BCUT2D eigenvalue weighted by molar-refractivity contribution is 0.102. The zero-order valence-corrected chi connectivity index (χ0v) is 14.7. The van der Waals surface area contributed by atoms with Crippen molar-refractivity contribution in [2.75, 3.05) is 30.9 Å². The van der Waals surface area contributed by atoms with E-state index in [2.05, 4.69) is 36.5 Å². The number of carbonyl (C=O) groups is 1. The lowest BCUT2D eigenvalue weighted by atomic mass is 10.2. The van der Waals surface area contributed by atoms with E-state index in [-0.39, 0.29) is 5.91 Å². The van der Waals surface area contributed by atoms with E-state index in [1.54, 1.807) is 7.11 Å². The van der Waals surface area contributed by atoms with Crippen molar-refractivity contribution in [3.8, 4) is 0 Å². The highest BCUT2D eigenvalue weighted by molar-refractivity contribution is 9.10. The molecule has 23 heavy (non-hydrogen) atoms. The maximum Gasteiger partial charge on any atom is 0.258 e. The third-order valence-electron chi connectivity index (χ3n) is 3.16. The number of carbonyl (C=O) groups excluding carboxylic acids is 1. The molecule has 0 fully saturated rings. The molecule has 2 N–H and O–H groups in total. The average Bonchev–Trinajstić information content (AvgIpc) is 2.55. The molecule has 7 heteroatoms. The van der Waals surface area contributed by atoms with Gasteiger partial charge >= 0.3 is 0 Å². The Morgan fingerprint density at radius 2 is 2.04 bits per heavy atom. The lowest BCUT2D eigenvalue weighted by Gasteiger charge is -2.09. The van der Waals surface area contributed by atoms with Gasteiger partial charge in [-0.05, 0) is 37.1 Å². The first-order chi connectivity index (χ1) is 11.1. The number of nitrogens with zero attached hydrogens (tertiary/aromatic N) is 2. The fourth-order valence-corrected chi connectivity index (χ4v) is 2.39. The summed E-state index contributed by atoms with van der Waals surface area (Å²) in [7, 11) is 1.66. The van der Waals surface area contributed by atoms with Gasteiger partial charge in [0.2, 0.25) is 5.95 Å². The normalized spacial score (nSPS) is 10.4. The Bertz CT molecular complexity index is 662. The number of hydrogen-bond donors (Lipinski definition) is 2. The topological polar surface area (TPSA) is 76.1 Å². The Morgan fingerprint density at radius 3 is 2.70 bits per heavy atom. The molecule has 0 aliphatic carbocycles. The van der Waals surface area contributed by atoms with Gasteiger partial charge in [0.1, 0.15) is 0 Å². The van der Waals surface area contributed by atoms with E-state index in [4.69, 9.17) is 4.74 Å². The molecule has 1 amide bonds. The molecule has 0 bridgehead atoms. The monoisotopic (exact) mass is 378 g/mol. The van der Waals surface area contributed by atoms with Crippen LogP contribution < -0.4 is 10.6 Å². The molecule has 2 rings (SSSR count). The quantitative estimate of drug-likeness (QED) is 0.723. The maximum absolute atomic E-state index is 12.2. The van der Waals surface area contributed by atoms with Crippen LogP contribution in [0.5, 0.6) is 0 Å². The molecule has 1 heterocycles. The second-order valence-corrected chi connectivity index (χ2v) is 5.90. The number of nitrogens with one attached hydrogen (secondary N) is 2. The van der Waals surface area contributed by atoms with Crippen molar-refractivity contribution in [3.63, 3.8) is 0 Å². The molecule has 1 aromatic carbocycles. The predicted octanol–water partition coefficient (Wildman–Crippen LogP) is 3.25. The molecular formula is C16H19BrN4O2. The minimum absolute atomic E-state index is 0.235. The minimum atomic E-state index is -0.235. The smallest absolute Gasteiger partial charge is 0.258 e. The molecule has 0 unspecified atom stereocenters. The second-order valence-electron chi connectivity index (χ2n) is 4.98. The van der Waals surface area contributed by atoms with Crippen molar-refractivity contribution < 1.29 is 9.53 Å². The second kappa shape index (κ2) is 8.59. The summed E-state index contributed by atoms with van der Waals surface area (Å²) in [6.45, 7) is 3.33. The minimum Gasteiger partial charge on any atom is -0.385 e. The summed E-state index contributed by atoms with van der Waals surface area (Å²) in [5.74, 6) is 0.263. The number of amides is 1. The first-order valence-electron chi connectivity index (χ1n) is 7.22. The molecule has 6 nitrogen and oxygen atoms in total. The first kappa shape index (κ1) is 17.4. The van der Waals surface area contributed by atoms with E-state index in [1.807, 2.05) is 25.1 Å². The number of aromatic nitrogens is 2. The standard InChI is InChI=1S/C16H19BrN4O2/c1-11-8-13(17)4-5-14(11)21-15(22)12-9-19-16(20-10-12)18-6-3-7-23-2/h4-5,8-10H,3,6-7H2,1-2H3,(H,21,22)(H,18,19,20). The number of hydrogen-bond acceptors (Lipinski definition) is 5. The average molecular weight is 379 g/mol. The van der Waals surface area contributed by atoms with Gasteiger partial charge in [0, 0.05) is 42.8 Å². The molecule has 0 atom stereocenters. The SMILES string of the molecule is COCCCNc1ncc(C(=O)Nc2ccc(Br)cc2C)cn1. The number of ether oxygens (including phenoxy) is 1. The van der Waals surface area contributed by atoms with Gasteiger partial charge in [-0.3, -0.25) is 4.79 Å². The van der Waals surface area contributed by atoms with Crippen molar-refractivity contribution in [2.24, 2.45) is 0 Å². The molecule has 0 aliphatic heterocycles. The van der Waals surface area contributed by atoms with Crippen LogP contribution in [0.25, 0.3) is 0 Å². The van der Waals surface area contributed by atoms with Crippen molar-refractivity contribution in [1.82, 2.24) is 9.97 Å². The highest BCUT2D eigenvalue weighted by Crippen LogP contribution is 2.20. The highest BCUT2D eigenvalue weighted by Gasteiger charge is 2.09. The fraction of sp³-hybridized carbons (Fsp3) is 0.312. The molecular weight excluding hydrogens is 360 g/mol. The van der Waals surface area contributed by atoms with E-state index < -0.39 is 0 Å². The Labute approximate surface area is 143 Å². The summed E-state index contributed by atoms with van der Waals surface area (Å²) in [6.07, 6.45) is 3.88. The van der Waals surface area contributed by atoms with Gasteiger partial charge in [-0.25, -0.2) is 9.97 Å². The molecule has 0 aliphatic rings. The maximum atomic E-state index is 12.2. The summed E-state index contributed by atoms with van der Waals surface area (Å²) in [4.78, 5) is 20.5. The van der Waals surface area contributed by atoms with E-state index in [9.17, 15) is 4.79 Å². The molecule has 0 radical (unpaired) electrons. The third-order valence-corrected chi connectivity index (χ3v) is 3.65. The zero-order valence-electron chi connectivity index (χ0n) is 13.1. The summed E-state index contributed by atoms with van der Waals surface area (Å²) < 4.78 is 5.94. The van der Waals surface area contributed by atoms with Crippen LogP contribution >= 0.6 is 15.9 Å².